The maximum Gasteiger partial charge on any atom is 0.232 e. The monoisotopic (exact) mass is 220 g/mol. The van der Waals surface area contributed by atoms with Gasteiger partial charge in [-0.2, -0.15) is 0 Å². The fraction of sp³-hybridized carbons (Fsp3) is 1.00. The Kier molecular flexibility index (Phi) is 1.59. The highest BCUT2D eigenvalue weighted by Gasteiger charge is 2.65. The van der Waals surface area contributed by atoms with Gasteiger partial charge in [-0.15, -0.1) is 0 Å². The largest absolute Gasteiger partial charge is 0.232 e. The Morgan fingerprint density at radius 1 is 1.15 bits per heavy atom. The molecule has 0 N–H and O–H groups in total. The van der Waals surface area contributed by atoms with Crippen LogP contribution < -0.4 is 0 Å². The Labute approximate surface area is 83.1 Å². The van der Waals surface area contributed by atoms with Gasteiger partial charge in [-0.3, -0.25) is 0 Å². The maximum absolute atomic E-state index is 10.9. The molecule has 0 aromatic heterocycles. The lowest BCUT2D eigenvalue weighted by atomic mass is 10.0. The first-order valence-electron chi connectivity index (χ1n) is 4.98. The molecule has 0 spiro atoms. The molecule has 3 saturated carbocycles. The van der Waals surface area contributed by atoms with Crippen LogP contribution in [0.5, 0.6) is 0 Å². The molecule has 0 radical (unpaired) electrons. The van der Waals surface area contributed by atoms with Crippen LogP contribution in [0, 0.1) is 29.6 Å². The third kappa shape index (κ3) is 1.23. The minimum absolute atomic E-state index is 0.233. The molecule has 74 valence electrons. The quantitative estimate of drug-likeness (QED) is 0.666. The van der Waals surface area contributed by atoms with Gasteiger partial charge in [0.1, 0.15) is 0 Å². The van der Waals surface area contributed by atoms with Crippen molar-refractivity contribution in [2.45, 2.75) is 19.3 Å². The van der Waals surface area contributed by atoms with Crippen molar-refractivity contribution in [2.24, 2.45) is 29.6 Å². The van der Waals surface area contributed by atoms with E-state index in [2.05, 4.69) is 0 Å². The van der Waals surface area contributed by atoms with Crippen LogP contribution in [0.25, 0.3) is 0 Å². The molecule has 0 saturated heterocycles. The number of rotatable bonds is 2. The number of hydrogen-bond acceptors (Lipinski definition) is 2. The summed E-state index contributed by atoms with van der Waals surface area (Å²) in [5.74, 6) is 3.81. The number of fused-ring (bicyclic) bond motifs is 5. The van der Waals surface area contributed by atoms with Crippen LogP contribution in [0.4, 0.5) is 0 Å². The highest BCUT2D eigenvalue weighted by Crippen LogP contribution is 2.69. The first-order valence-corrected chi connectivity index (χ1v) is 7.46. The molecule has 0 aliphatic heterocycles. The highest BCUT2D eigenvalue weighted by atomic mass is 35.7. The van der Waals surface area contributed by atoms with E-state index in [-0.39, 0.29) is 5.75 Å². The van der Waals surface area contributed by atoms with E-state index in [0.29, 0.717) is 5.92 Å². The van der Waals surface area contributed by atoms with Gasteiger partial charge in [0, 0.05) is 10.7 Å². The van der Waals surface area contributed by atoms with E-state index in [9.17, 15) is 8.42 Å². The Morgan fingerprint density at radius 3 is 2.15 bits per heavy atom. The van der Waals surface area contributed by atoms with Crippen LogP contribution in [-0.4, -0.2) is 14.2 Å². The molecule has 4 unspecified atom stereocenters. The summed E-state index contributed by atoms with van der Waals surface area (Å²) in [6.07, 6.45) is 4.05. The molecule has 3 rings (SSSR count). The molecule has 2 nitrogen and oxygen atoms in total. The Balaban J connectivity index is 1.73. The summed E-state index contributed by atoms with van der Waals surface area (Å²) in [4.78, 5) is 0. The lowest BCUT2D eigenvalue weighted by molar-refractivity contribution is 0.456. The molecule has 0 amide bonds. The second-order valence-corrected chi connectivity index (χ2v) is 7.68. The molecule has 0 heterocycles. The lowest BCUT2D eigenvalue weighted by Gasteiger charge is -2.05. The molecular formula is C9H13ClO2S. The van der Waals surface area contributed by atoms with Gasteiger partial charge in [-0.1, -0.05) is 0 Å². The zero-order valence-electron chi connectivity index (χ0n) is 7.32. The first kappa shape index (κ1) is 8.54. The molecule has 2 bridgehead atoms. The highest BCUT2D eigenvalue weighted by molar-refractivity contribution is 8.13. The number of halogens is 1. The van der Waals surface area contributed by atoms with Gasteiger partial charge in [0.15, 0.2) is 0 Å². The van der Waals surface area contributed by atoms with E-state index in [4.69, 9.17) is 10.7 Å². The van der Waals surface area contributed by atoms with Crippen LogP contribution in [-0.2, 0) is 9.05 Å². The third-order valence-corrected chi connectivity index (χ3v) is 5.45. The molecule has 4 heteroatoms. The molecular weight excluding hydrogens is 208 g/mol. The van der Waals surface area contributed by atoms with Crippen molar-refractivity contribution >= 4 is 19.7 Å². The van der Waals surface area contributed by atoms with Gasteiger partial charge < -0.3 is 0 Å². The van der Waals surface area contributed by atoms with Crippen molar-refractivity contribution in [2.75, 3.05) is 5.75 Å². The Hall–Kier alpha value is 0.240. The number of hydrogen-bond donors (Lipinski definition) is 0. The van der Waals surface area contributed by atoms with Gasteiger partial charge in [-0.05, 0) is 48.9 Å². The van der Waals surface area contributed by atoms with Crippen molar-refractivity contribution in [3.8, 4) is 0 Å². The summed E-state index contributed by atoms with van der Waals surface area (Å²) >= 11 is 0. The van der Waals surface area contributed by atoms with E-state index in [1.165, 1.54) is 19.3 Å². The van der Waals surface area contributed by atoms with Gasteiger partial charge in [0.2, 0.25) is 9.05 Å². The second-order valence-electron chi connectivity index (χ2n) is 4.86. The fourth-order valence-corrected chi connectivity index (χ4v) is 5.30. The first-order chi connectivity index (χ1) is 6.06. The topological polar surface area (TPSA) is 34.1 Å². The van der Waals surface area contributed by atoms with E-state index in [1.807, 2.05) is 0 Å². The average molecular weight is 221 g/mol. The minimum atomic E-state index is -3.25. The minimum Gasteiger partial charge on any atom is -0.212 e. The van der Waals surface area contributed by atoms with E-state index >= 15 is 0 Å². The predicted molar refractivity (Wildman–Crippen MR) is 50.9 cm³/mol. The van der Waals surface area contributed by atoms with Crippen molar-refractivity contribution in [1.29, 1.82) is 0 Å². The second kappa shape index (κ2) is 2.43. The summed E-state index contributed by atoms with van der Waals surface area (Å²) in [5, 5.41) is 0. The molecule has 3 fully saturated rings. The van der Waals surface area contributed by atoms with Crippen LogP contribution in [0.1, 0.15) is 19.3 Å². The SMILES string of the molecule is O=S(=O)(Cl)CC1C2C3CCC(C3)C12. The van der Waals surface area contributed by atoms with Crippen molar-refractivity contribution in [3.63, 3.8) is 0 Å². The summed E-state index contributed by atoms with van der Waals surface area (Å²) in [6.45, 7) is 0. The van der Waals surface area contributed by atoms with Crippen LogP contribution in [0.2, 0.25) is 0 Å². The summed E-state index contributed by atoms with van der Waals surface area (Å²) < 4.78 is 21.8. The Morgan fingerprint density at radius 2 is 1.69 bits per heavy atom. The smallest absolute Gasteiger partial charge is 0.212 e. The van der Waals surface area contributed by atoms with Gasteiger partial charge in [-0.25, -0.2) is 8.42 Å². The van der Waals surface area contributed by atoms with Crippen LogP contribution >= 0.6 is 10.7 Å². The van der Waals surface area contributed by atoms with E-state index < -0.39 is 9.05 Å². The van der Waals surface area contributed by atoms with E-state index in [0.717, 1.165) is 23.7 Å². The van der Waals surface area contributed by atoms with Crippen LogP contribution in [0.3, 0.4) is 0 Å². The lowest BCUT2D eigenvalue weighted by Crippen LogP contribution is -2.07. The zero-order chi connectivity index (χ0) is 9.22. The molecule has 3 aliphatic rings. The Bertz CT molecular complexity index is 322. The molecule has 4 atom stereocenters. The normalized spacial score (nSPS) is 52.2. The van der Waals surface area contributed by atoms with Crippen molar-refractivity contribution in [1.82, 2.24) is 0 Å². The summed E-state index contributed by atoms with van der Waals surface area (Å²) in [7, 11) is 2.02. The van der Waals surface area contributed by atoms with Gasteiger partial charge in [0.25, 0.3) is 0 Å². The average Bonchev–Trinajstić information content (AvgIpc) is 2.41. The molecule has 0 aromatic carbocycles. The fourth-order valence-electron chi connectivity index (χ4n) is 3.96. The zero-order valence-corrected chi connectivity index (χ0v) is 8.89. The van der Waals surface area contributed by atoms with Crippen molar-refractivity contribution in [3.05, 3.63) is 0 Å². The summed E-state index contributed by atoms with van der Waals surface area (Å²) in [6, 6.07) is 0. The molecule has 13 heavy (non-hydrogen) atoms. The molecule has 0 aromatic rings. The molecule has 3 aliphatic carbocycles. The van der Waals surface area contributed by atoms with E-state index in [1.54, 1.807) is 0 Å². The third-order valence-electron chi connectivity index (χ3n) is 4.29. The van der Waals surface area contributed by atoms with Gasteiger partial charge in [0.05, 0.1) is 5.75 Å². The maximum atomic E-state index is 10.9. The predicted octanol–water partition coefficient (Wildman–Crippen LogP) is 1.85. The standard InChI is InChI=1S/C9H13ClO2S/c10-13(11,12)4-7-8-5-1-2-6(3-5)9(7)8/h5-9H,1-4H2. The summed E-state index contributed by atoms with van der Waals surface area (Å²) in [5.41, 5.74) is 0. The van der Waals surface area contributed by atoms with Crippen molar-refractivity contribution < 1.29 is 8.42 Å². The van der Waals surface area contributed by atoms with Gasteiger partial charge >= 0.3 is 0 Å². The van der Waals surface area contributed by atoms with Crippen LogP contribution in [0.15, 0.2) is 0 Å².